The largest absolute Gasteiger partial charge is 0.379 e. The first-order valence-electron chi connectivity index (χ1n) is 5.36. The monoisotopic (exact) mass is 235 g/mol. The van der Waals surface area contributed by atoms with Crippen molar-refractivity contribution in [3.05, 3.63) is 0 Å². The lowest BCUT2D eigenvalue weighted by molar-refractivity contribution is -0.123. The first-order chi connectivity index (χ1) is 7.77. The number of rotatable bonds is 12. The van der Waals surface area contributed by atoms with Crippen molar-refractivity contribution in [2.45, 2.75) is 6.92 Å². The van der Waals surface area contributed by atoms with Gasteiger partial charge < -0.3 is 24.7 Å². The molecule has 0 atom stereocenters. The van der Waals surface area contributed by atoms with E-state index in [1.165, 1.54) is 0 Å². The number of amides is 1. The van der Waals surface area contributed by atoms with Gasteiger partial charge >= 0.3 is 0 Å². The second-order valence-corrected chi connectivity index (χ2v) is 2.94. The van der Waals surface area contributed by atoms with Crippen molar-refractivity contribution >= 4 is 5.91 Å². The fourth-order valence-electron chi connectivity index (χ4n) is 0.875. The lowest BCUT2D eigenvalue weighted by Crippen LogP contribution is -2.20. The molecule has 0 radical (unpaired) electrons. The summed E-state index contributed by atoms with van der Waals surface area (Å²) in [6.45, 7) is 5.60. The minimum atomic E-state index is -0.473. The molecule has 2 N–H and O–H groups in total. The molecule has 0 spiro atoms. The summed E-state index contributed by atoms with van der Waals surface area (Å²) in [6, 6.07) is 0. The highest BCUT2D eigenvalue weighted by atomic mass is 16.6. The predicted molar refractivity (Wildman–Crippen MR) is 58.1 cm³/mol. The van der Waals surface area contributed by atoms with Gasteiger partial charge in [0.25, 0.3) is 0 Å². The minimum absolute atomic E-state index is 0.0613. The van der Waals surface area contributed by atoms with Crippen molar-refractivity contribution in [2.24, 2.45) is 5.73 Å². The number of carbonyl (C=O) groups is 1. The van der Waals surface area contributed by atoms with Crippen molar-refractivity contribution in [2.75, 3.05) is 52.9 Å². The highest BCUT2D eigenvalue weighted by Crippen LogP contribution is 1.82. The van der Waals surface area contributed by atoms with E-state index in [-0.39, 0.29) is 6.61 Å². The molecule has 0 aromatic heterocycles. The van der Waals surface area contributed by atoms with E-state index in [1.54, 1.807) is 0 Å². The fourth-order valence-corrected chi connectivity index (χ4v) is 0.875. The molecule has 0 fully saturated rings. The SMILES string of the molecule is CCOCCOCCOCCOCC(N)=O. The Labute approximate surface area is 96.0 Å². The van der Waals surface area contributed by atoms with Crippen LogP contribution in [0.2, 0.25) is 0 Å². The van der Waals surface area contributed by atoms with Gasteiger partial charge in [-0.2, -0.15) is 0 Å². The molecule has 96 valence electrons. The Bertz CT molecular complexity index is 165. The van der Waals surface area contributed by atoms with Crippen LogP contribution in [0.3, 0.4) is 0 Å². The van der Waals surface area contributed by atoms with Crippen LogP contribution in [0.1, 0.15) is 6.92 Å². The van der Waals surface area contributed by atoms with E-state index in [9.17, 15) is 4.79 Å². The topological polar surface area (TPSA) is 80.0 Å². The number of hydrogen-bond acceptors (Lipinski definition) is 5. The third-order valence-corrected chi connectivity index (χ3v) is 1.56. The van der Waals surface area contributed by atoms with Crippen molar-refractivity contribution in [1.29, 1.82) is 0 Å². The molecule has 0 aliphatic heterocycles. The van der Waals surface area contributed by atoms with Gasteiger partial charge in [0.15, 0.2) is 0 Å². The fraction of sp³-hybridized carbons (Fsp3) is 0.900. The van der Waals surface area contributed by atoms with E-state index >= 15 is 0 Å². The molecule has 0 aromatic rings. The van der Waals surface area contributed by atoms with E-state index in [0.717, 1.165) is 0 Å². The summed E-state index contributed by atoms with van der Waals surface area (Å²) < 4.78 is 20.4. The second-order valence-electron chi connectivity index (χ2n) is 2.94. The van der Waals surface area contributed by atoms with Crippen LogP contribution in [0.15, 0.2) is 0 Å². The Balaban J connectivity index is 2.90. The van der Waals surface area contributed by atoms with Gasteiger partial charge in [0.1, 0.15) is 6.61 Å². The van der Waals surface area contributed by atoms with Crippen LogP contribution < -0.4 is 5.73 Å². The Kier molecular flexibility index (Phi) is 11.8. The van der Waals surface area contributed by atoms with E-state index in [2.05, 4.69) is 0 Å². The Morgan fingerprint density at radius 2 is 1.31 bits per heavy atom. The molecule has 6 nitrogen and oxygen atoms in total. The Morgan fingerprint density at radius 3 is 1.75 bits per heavy atom. The quantitative estimate of drug-likeness (QED) is 0.464. The van der Waals surface area contributed by atoms with Crippen LogP contribution in [-0.4, -0.2) is 58.8 Å². The lowest BCUT2D eigenvalue weighted by Gasteiger charge is -2.06. The zero-order valence-electron chi connectivity index (χ0n) is 9.78. The van der Waals surface area contributed by atoms with Gasteiger partial charge in [0.2, 0.25) is 5.91 Å². The van der Waals surface area contributed by atoms with Crippen LogP contribution in [-0.2, 0) is 23.7 Å². The summed E-state index contributed by atoms with van der Waals surface area (Å²) >= 11 is 0. The maximum Gasteiger partial charge on any atom is 0.243 e. The van der Waals surface area contributed by atoms with Crippen LogP contribution in [0.4, 0.5) is 0 Å². The number of hydrogen-bond donors (Lipinski definition) is 1. The molecule has 0 rings (SSSR count). The molecule has 0 saturated carbocycles. The second kappa shape index (κ2) is 12.4. The summed E-state index contributed by atoms with van der Waals surface area (Å²) in [7, 11) is 0. The molecule has 0 saturated heterocycles. The van der Waals surface area contributed by atoms with E-state index in [4.69, 9.17) is 24.7 Å². The summed E-state index contributed by atoms with van der Waals surface area (Å²) in [5.41, 5.74) is 4.88. The zero-order chi connectivity index (χ0) is 12.1. The molecule has 0 bridgehead atoms. The first-order valence-corrected chi connectivity index (χ1v) is 5.36. The molecule has 0 unspecified atom stereocenters. The van der Waals surface area contributed by atoms with Gasteiger partial charge in [0.05, 0.1) is 39.6 Å². The highest BCUT2D eigenvalue weighted by molar-refractivity contribution is 5.74. The van der Waals surface area contributed by atoms with E-state index in [0.29, 0.717) is 46.2 Å². The summed E-state index contributed by atoms with van der Waals surface area (Å²) in [6.07, 6.45) is 0. The standard InChI is InChI=1S/C10H21NO5/c1-2-13-3-4-14-5-6-15-7-8-16-9-10(11)12/h2-9H2,1H3,(H2,11,12). The van der Waals surface area contributed by atoms with Gasteiger partial charge in [-0.25, -0.2) is 0 Å². The maximum absolute atomic E-state index is 10.3. The zero-order valence-corrected chi connectivity index (χ0v) is 9.78. The molecule has 1 amide bonds. The van der Waals surface area contributed by atoms with Gasteiger partial charge in [-0.1, -0.05) is 0 Å². The number of ether oxygens (including phenoxy) is 4. The van der Waals surface area contributed by atoms with Gasteiger partial charge in [-0.3, -0.25) is 4.79 Å². The van der Waals surface area contributed by atoms with Crippen LogP contribution in [0.25, 0.3) is 0 Å². The third-order valence-electron chi connectivity index (χ3n) is 1.56. The minimum Gasteiger partial charge on any atom is -0.379 e. The normalized spacial score (nSPS) is 10.6. The predicted octanol–water partition coefficient (Wildman–Crippen LogP) is -0.442. The molecule has 0 heterocycles. The number of nitrogens with two attached hydrogens (primary N) is 1. The van der Waals surface area contributed by atoms with Gasteiger partial charge in [0, 0.05) is 6.61 Å². The average molecular weight is 235 g/mol. The van der Waals surface area contributed by atoms with Gasteiger partial charge in [-0.05, 0) is 6.92 Å². The van der Waals surface area contributed by atoms with E-state index in [1.807, 2.05) is 6.92 Å². The van der Waals surface area contributed by atoms with E-state index < -0.39 is 5.91 Å². The third kappa shape index (κ3) is 13.3. The number of primary amides is 1. The molecule has 16 heavy (non-hydrogen) atoms. The van der Waals surface area contributed by atoms with Crippen LogP contribution in [0, 0.1) is 0 Å². The molecular weight excluding hydrogens is 214 g/mol. The van der Waals surface area contributed by atoms with Crippen molar-refractivity contribution in [3.8, 4) is 0 Å². The van der Waals surface area contributed by atoms with Crippen molar-refractivity contribution in [1.82, 2.24) is 0 Å². The first kappa shape index (κ1) is 15.3. The summed E-state index contributed by atoms with van der Waals surface area (Å²) in [5, 5.41) is 0. The molecular formula is C10H21NO5. The molecule has 0 aliphatic carbocycles. The van der Waals surface area contributed by atoms with Crippen molar-refractivity contribution < 1.29 is 23.7 Å². The highest BCUT2D eigenvalue weighted by Gasteiger charge is 1.94. The molecule has 0 aromatic carbocycles. The summed E-state index contributed by atoms with van der Waals surface area (Å²) in [5.74, 6) is -0.473. The maximum atomic E-state index is 10.3. The Morgan fingerprint density at radius 1 is 0.875 bits per heavy atom. The number of carbonyl (C=O) groups excluding carboxylic acids is 1. The smallest absolute Gasteiger partial charge is 0.243 e. The molecule has 6 heteroatoms. The van der Waals surface area contributed by atoms with Crippen molar-refractivity contribution in [3.63, 3.8) is 0 Å². The van der Waals surface area contributed by atoms with Crippen LogP contribution in [0.5, 0.6) is 0 Å². The Hall–Kier alpha value is -0.690. The summed E-state index contributed by atoms with van der Waals surface area (Å²) in [4.78, 5) is 10.3. The van der Waals surface area contributed by atoms with Crippen LogP contribution >= 0.6 is 0 Å². The molecule has 0 aliphatic rings. The van der Waals surface area contributed by atoms with Gasteiger partial charge in [-0.15, -0.1) is 0 Å². The average Bonchev–Trinajstić information content (AvgIpc) is 2.25. The lowest BCUT2D eigenvalue weighted by atomic mass is 10.6.